The molecule has 0 fully saturated rings. The van der Waals surface area contributed by atoms with Crippen LogP contribution >= 0.6 is 11.8 Å². The molecule has 88 valence electrons. The van der Waals surface area contributed by atoms with Crippen molar-refractivity contribution in [3.63, 3.8) is 0 Å². The maximum atomic E-state index is 5.73. The quantitative estimate of drug-likeness (QED) is 0.904. The van der Waals surface area contributed by atoms with Crippen LogP contribution in [0.15, 0.2) is 46.5 Å². The third kappa shape index (κ3) is 2.91. The molecule has 17 heavy (non-hydrogen) atoms. The molecule has 0 saturated heterocycles. The van der Waals surface area contributed by atoms with Crippen molar-refractivity contribution in [2.75, 3.05) is 12.8 Å². The predicted octanol–water partition coefficient (Wildman–Crippen LogP) is 3.13. The maximum absolute atomic E-state index is 5.73. The Bertz CT molecular complexity index is 511. The highest BCUT2D eigenvalue weighted by atomic mass is 32.2. The van der Waals surface area contributed by atoms with Crippen molar-refractivity contribution in [2.24, 2.45) is 0 Å². The zero-order chi connectivity index (χ0) is 12.3. The molecule has 0 unspecified atom stereocenters. The molecule has 1 heterocycles. The van der Waals surface area contributed by atoms with E-state index in [2.05, 4.69) is 4.98 Å². The lowest BCUT2D eigenvalue weighted by atomic mass is 10.3. The van der Waals surface area contributed by atoms with E-state index in [0.29, 0.717) is 0 Å². The van der Waals surface area contributed by atoms with Crippen LogP contribution in [0, 0.1) is 6.92 Å². The highest BCUT2D eigenvalue weighted by Crippen LogP contribution is 2.28. The number of aryl methyl sites for hydroxylation is 1. The Hall–Kier alpha value is -1.68. The van der Waals surface area contributed by atoms with Crippen molar-refractivity contribution >= 4 is 17.4 Å². The van der Waals surface area contributed by atoms with Crippen molar-refractivity contribution in [2.45, 2.75) is 16.8 Å². The molecule has 3 nitrogen and oxygen atoms in total. The molecule has 0 spiro atoms. The van der Waals surface area contributed by atoms with Gasteiger partial charge in [0, 0.05) is 4.90 Å². The molecule has 1 aromatic heterocycles. The number of pyridine rings is 1. The first-order valence-electron chi connectivity index (χ1n) is 5.23. The Balaban J connectivity index is 2.16. The molecular formula is C13H14N2OS. The molecule has 0 aliphatic heterocycles. The summed E-state index contributed by atoms with van der Waals surface area (Å²) in [5.41, 5.74) is 7.51. The minimum Gasteiger partial charge on any atom is -0.497 e. The van der Waals surface area contributed by atoms with Gasteiger partial charge in [0.25, 0.3) is 0 Å². The fourth-order valence-electron chi connectivity index (χ4n) is 1.36. The molecule has 0 aliphatic carbocycles. The van der Waals surface area contributed by atoms with Crippen LogP contribution in [0.4, 0.5) is 5.69 Å². The summed E-state index contributed by atoms with van der Waals surface area (Å²) in [5.74, 6) is 0.857. The number of ether oxygens (including phenoxy) is 1. The fraction of sp³-hybridized carbons (Fsp3) is 0.154. The SMILES string of the molecule is COc1ccc(Sc2cc(C)c(N)cn2)cc1. The first-order chi connectivity index (χ1) is 8.19. The van der Waals surface area contributed by atoms with E-state index in [1.807, 2.05) is 37.3 Å². The molecular weight excluding hydrogens is 232 g/mol. The third-order valence-electron chi connectivity index (χ3n) is 2.41. The van der Waals surface area contributed by atoms with Crippen molar-refractivity contribution in [1.29, 1.82) is 0 Å². The second-order valence-electron chi connectivity index (χ2n) is 3.66. The van der Waals surface area contributed by atoms with Gasteiger partial charge in [0.2, 0.25) is 0 Å². The smallest absolute Gasteiger partial charge is 0.118 e. The predicted molar refractivity (Wildman–Crippen MR) is 70.5 cm³/mol. The summed E-state index contributed by atoms with van der Waals surface area (Å²) in [7, 11) is 1.66. The van der Waals surface area contributed by atoms with Crippen LogP contribution < -0.4 is 10.5 Å². The Labute approximate surface area is 105 Å². The standard InChI is InChI=1S/C13H14N2OS/c1-9-7-13(15-8-12(9)14)17-11-5-3-10(16-2)4-6-11/h3-8H,14H2,1-2H3. The van der Waals surface area contributed by atoms with Crippen molar-refractivity contribution < 1.29 is 4.74 Å². The van der Waals surface area contributed by atoms with Gasteiger partial charge in [-0.3, -0.25) is 0 Å². The van der Waals surface area contributed by atoms with Crippen molar-refractivity contribution in [1.82, 2.24) is 4.98 Å². The van der Waals surface area contributed by atoms with Gasteiger partial charge in [-0.05, 0) is 42.8 Å². The lowest BCUT2D eigenvalue weighted by molar-refractivity contribution is 0.414. The van der Waals surface area contributed by atoms with Gasteiger partial charge >= 0.3 is 0 Å². The molecule has 4 heteroatoms. The van der Waals surface area contributed by atoms with E-state index >= 15 is 0 Å². The highest BCUT2D eigenvalue weighted by Gasteiger charge is 2.01. The first-order valence-corrected chi connectivity index (χ1v) is 6.04. The summed E-state index contributed by atoms with van der Waals surface area (Å²) < 4.78 is 5.11. The van der Waals surface area contributed by atoms with Crippen LogP contribution in [0.1, 0.15) is 5.56 Å². The number of methoxy groups -OCH3 is 1. The Kier molecular flexibility index (Phi) is 3.54. The van der Waals surface area contributed by atoms with E-state index in [1.165, 1.54) is 0 Å². The van der Waals surface area contributed by atoms with Gasteiger partial charge in [0.1, 0.15) is 10.8 Å². The highest BCUT2D eigenvalue weighted by molar-refractivity contribution is 7.99. The topological polar surface area (TPSA) is 48.1 Å². The zero-order valence-electron chi connectivity index (χ0n) is 9.81. The molecule has 1 aromatic carbocycles. The van der Waals surface area contributed by atoms with Crippen LogP contribution in [0.5, 0.6) is 5.75 Å². The number of hydrogen-bond donors (Lipinski definition) is 1. The van der Waals surface area contributed by atoms with Crippen LogP contribution in [-0.4, -0.2) is 12.1 Å². The van der Waals surface area contributed by atoms with Gasteiger partial charge in [-0.15, -0.1) is 0 Å². The summed E-state index contributed by atoms with van der Waals surface area (Å²) in [5, 5.41) is 0.946. The first kappa shape index (κ1) is 11.8. The number of nitrogen functional groups attached to an aromatic ring is 1. The lowest BCUT2D eigenvalue weighted by Crippen LogP contribution is -1.91. The van der Waals surface area contributed by atoms with Gasteiger partial charge in [0.15, 0.2) is 0 Å². The minimum atomic E-state index is 0.726. The molecule has 2 N–H and O–H groups in total. The lowest BCUT2D eigenvalue weighted by Gasteiger charge is -2.05. The normalized spacial score (nSPS) is 10.2. The summed E-state index contributed by atoms with van der Waals surface area (Å²) >= 11 is 1.61. The van der Waals surface area contributed by atoms with Gasteiger partial charge in [-0.25, -0.2) is 4.98 Å². The van der Waals surface area contributed by atoms with Gasteiger partial charge in [-0.2, -0.15) is 0 Å². The number of hydrogen-bond acceptors (Lipinski definition) is 4. The van der Waals surface area contributed by atoms with Crippen LogP contribution in [-0.2, 0) is 0 Å². The third-order valence-corrected chi connectivity index (χ3v) is 3.35. The van der Waals surface area contributed by atoms with E-state index in [4.69, 9.17) is 10.5 Å². The van der Waals surface area contributed by atoms with E-state index in [-0.39, 0.29) is 0 Å². The number of benzene rings is 1. The van der Waals surface area contributed by atoms with Gasteiger partial charge < -0.3 is 10.5 Å². The Morgan fingerprint density at radius 3 is 2.53 bits per heavy atom. The largest absolute Gasteiger partial charge is 0.497 e. The van der Waals surface area contributed by atoms with Crippen molar-refractivity contribution in [3.8, 4) is 5.75 Å². The van der Waals surface area contributed by atoms with E-state index in [9.17, 15) is 0 Å². The second-order valence-corrected chi connectivity index (χ2v) is 4.75. The molecule has 0 bridgehead atoms. The van der Waals surface area contributed by atoms with E-state index in [0.717, 1.165) is 26.9 Å². The van der Waals surface area contributed by atoms with Crippen LogP contribution in [0.2, 0.25) is 0 Å². The number of rotatable bonds is 3. The average Bonchev–Trinajstić information content (AvgIpc) is 2.35. The summed E-state index contributed by atoms with van der Waals surface area (Å²) in [6, 6.07) is 9.89. The molecule has 2 aromatic rings. The number of aromatic nitrogens is 1. The minimum absolute atomic E-state index is 0.726. The second kappa shape index (κ2) is 5.10. The molecule has 0 amide bonds. The van der Waals surface area contributed by atoms with Crippen LogP contribution in [0.25, 0.3) is 0 Å². The molecule has 2 rings (SSSR count). The van der Waals surface area contributed by atoms with Crippen molar-refractivity contribution in [3.05, 3.63) is 42.1 Å². The van der Waals surface area contributed by atoms with E-state index in [1.54, 1.807) is 25.1 Å². The molecule has 0 radical (unpaired) electrons. The summed E-state index contributed by atoms with van der Waals surface area (Å²) in [6.07, 6.45) is 1.70. The number of anilines is 1. The molecule has 0 aliphatic rings. The molecule has 0 atom stereocenters. The molecule has 0 saturated carbocycles. The van der Waals surface area contributed by atoms with Crippen LogP contribution in [0.3, 0.4) is 0 Å². The zero-order valence-corrected chi connectivity index (χ0v) is 10.6. The van der Waals surface area contributed by atoms with Gasteiger partial charge in [0.05, 0.1) is 19.0 Å². The number of nitrogens with two attached hydrogens (primary N) is 1. The fourth-order valence-corrected chi connectivity index (χ4v) is 2.22. The summed E-state index contributed by atoms with van der Waals surface area (Å²) in [4.78, 5) is 5.41. The van der Waals surface area contributed by atoms with E-state index < -0.39 is 0 Å². The average molecular weight is 246 g/mol. The number of nitrogens with zero attached hydrogens (tertiary/aromatic N) is 1. The Morgan fingerprint density at radius 1 is 1.24 bits per heavy atom. The Morgan fingerprint density at radius 2 is 1.94 bits per heavy atom. The van der Waals surface area contributed by atoms with Gasteiger partial charge in [-0.1, -0.05) is 11.8 Å². The monoisotopic (exact) mass is 246 g/mol. The summed E-state index contributed by atoms with van der Waals surface area (Å²) in [6.45, 7) is 1.98. The maximum Gasteiger partial charge on any atom is 0.118 e.